The topological polar surface area (TPSA) is 29.1 Å². The van der Waals surface area contributed by atoms with E-state index in [4.69, 9.17) is 0 Å². The van der Waals surface area contributed by atoms with Crippen molar-refractivity contribution >= 4 is 28.5 Å². The first-order valence-electron chi connectivity index (χ1n) is 6.94. The lowest BCUT2D eigenvalue weighted by Crippen LogP contribution is -2.50. The molecule has 1 fully saturated rings. The summed E-state index contributed by atoms with van der Waals surface area (Å²) in [5.74, 6) is -0.458. The summed E-state index contributed by atoms with van der Waals surface area (Å²) in [6.07, 6.45) is 3.00. The molecule has 2 nitrogen and oxygen atoms in total. The maximum atomic E-state index is 13.2. The Morgan fingerprint density at radius 1 is 1.14 bits per heavy atom. The van der Waals surface area contributed by atoms with E-state index in [0.29, 0.717) is 9.13 Å². The van der Waals surface area contributed by atoms with Gasteiger partial charge in [-0.25, -0.2) is 4.39 Å². The average molecular weight is 395 g/mol. The summed E-state index contributed by atoms with van der Waals surface area (Å²) in [5, 5.41) is 3.16. The minimum atomic E-state index is -0.322. The molecule has 0 aliphatic heterocycles. The number of carbonyl (C=O) groups is 1. The molecule has 0 heterocycles. The van der Waals surface area contributed by atoms with Gasteiger partial charge in [0, 0.05) is 3.57 Å². The van der Waals surface area contributed by atoms with E-state index in [1.165, 1.54) is 12.1 Å². The van der Waals surface area contributed by atoms with Crippen LogP contribution in [0.4, 0.5) is 4.39 Å². The maximum absolute atomic E-state index is 13.2. The number of carbonyl (C=O) groups excluding carboxylic acids is 1. The zero-order valence-corrected chi connectivity index (χ0v) is 13.6. The van der Waals surface area contributed by atoms with Crippen LogP contribution in [0, 0.1) is 9.39 Å². The van der Waals surface area contributed by atoms with Crippen molar-refractivity contribution in [2.24, 2.45) is 0 Å². The molecule has 1 aliphatic rings. The zero-order valence-electron chi connectivity index (χ0n) is 11.4. The minimum absolute atomic E-state index is 0.136. The molecular formula is C17H15FINO. The van der Waals surface area contributed by atoms with Crippen LogP contribution in [0.15, 0.2) is 48.5 Å². The van der Waals surface area contributed by atoms with Crippen molar-refractivity contribution in [3.05, 3.63) is 69.0 Å². The standard InChI is InChI=1S/C17H15FINO/c18-13-7-8-14(15(19)11-13)16(21)20-17(9-4-10-17)12-5-2-1-3-6-12/h1-3,5-8,11H,4,9-10H2,(H,20,21). The van der Waals surface area contributed by atoms with E-state index in [1.54, 1.807) is 6.07 Å². The second kappa shape index (κ2) is 5.75. The fourth-order valence-corrected chi connectivity index (χ4v) is 3.45. The average Bonchev–Trinajstić information content (AvgIpc) is 2.43. The van der Waals surface area contributed by atoms with Crippen molar-refractivity contribution in [2.75, 3.05) is 0 Å². The Labute approximate surface area is 136 Å². The van der Waals surface area contributed by atoms with Gasteiger partial charge in [0.25, 0.3) is 5.91 Å². The Kier molecular flexibility index (Phi) is 3.97. The Morgan fingerprint density at radius 3 is 2.43 bits per heavy atom. The van der Waals surface area contributed by atoms with E-state index in [9.17, 15) is 9.18 Å². The van der Waals surface area contributed by atoms with E-state index in [-0.39, 0.29) is 17.3 Å². The van der Waals surface area contributed by atoms with Gasteiger partial charge in [0.2, 0.25) is 0 Å². The highest BCUT2D eigenvalue weighted by Crippen LogP contribution is 2.41. The highest BCUT2D eigenvalue weighted by molar-refractivity contribution is 14.1. The van der Waals surface area contributed by atoms with Crippen LogP contribution in [0.1, 0.15) is 35.2 Å². The van der Waals surface area contributed by atoms with Crippen molar-refractivity contribution in [2.45, 2.75) is 24.8 Å². The van der Waals surface area contributed by atoms with Crippen molar-refractivity contribution < 1.29 is 9.18 Å². The molecule has 1 saturated carbocycles. The highest BCUT2D eigenvalue weighted by Gasteiger charge is 2.40. The van der Waals surface area contributed by atoms with Crippen molar-refractivity contribution in [1.29, 1.82) is 0 Å². The smallest absolute Gasteiger partial charge is 0.253 e. The molecular weight excluding hydrogens is 380 g/mol. The molecule has 1 amide bonds. The first-order chi connectivity index (χ1) is 10.1. The van der Waals surface area contributed by atoms with E-state index in [2.05, 4.69) is 17.4 Å². The first kappa shape index (κ1) is 14.5. The summed E-state index contributed by atoms with van der Waals surface area (Å²) in [7, 11) is 0. The van der Waals surface area contributed by atoms with E-state index >= 15 is 0 Å². The number of nitrogens with one attached hydrogen (secondary N) is 1. The molecule has 0 atom stereocenters. The van der Waals surface area contributed by atoms with Gasteiger partial charge in [-0.3, -0.25) is 4.79 Å². The minimum Gasteiger partial charge on any atom is -0.342 e. The molecule has 3 rings (SSSR count). The summed E-state index contributed by atoms with van der Waals surface area (Å²) in [6, 6.07) is 14.3. The predicted octanol–water partition coefficient (Wildman–Crippen LogP) is 4.24. The lowest BCUT2D eigenvalue weighted by atomic mass is 9.71. The molecule has 1 N–H and O–H groups in total. The predicted molar refractivity (Wildman–Crippen MR) is 88.6 cm³/mol. The second-order valence-corrected chi connectivity index (χ2v) is 6.54. The molecule has 0 radical (unpaired) electrons. The van der Waals surface area contributed by atoms with Gasteiger partial charge in [-0.1, -0.05) is 30.3 Å². The molecule has 108 valence electrons. The van der Waals surface area contributed by atoms with E-state index < -0.39 is 0 Å². The fraction of sp³-hybridized carbons (Fsp3) is 0.235. The van der Waals surface area contributed by atoms with Gasteiger partial charge in [0.15, 0.2) is 0 Å². The highest BCUT2D eigenvalue weighted by atomic mass is 127. The summed E-state index contributed by atoms with van der Waals surface area (Å²) < 4.78 is 13.8. The van der Waals surface area contributed by atoms with Crippen molar-refractivity contribution in [1.82, 2.24) is 5.32 Å². The summed E-state index contributed by atoms with van der Waals surface area (Å²) >= 11 is 2.00. The molecule has 1 aliphatic carbocycles. The molecule has 0 spiro atoms. The molecule has 4 heteroatoms. The summed E-state index contributed by atoms with van der Waals surface area (Å²) in [5.41, 5.74) is 1.40. The number of hydrogen-bond acceptors (Lipinski definition) is 1. The third-order valence-electron chi connectivity index (χ3n) is 4.06. The van der Waals surface area contributed by atoms with Crippen LogP contribution in [-0.2, 0) is 5.54 Å². The largest absolute Gasteiger partial charge is 0.342 e. The summed E-state index contributed by atoms with van der Waals surface area (Å²) in [4.78, 5) is 12.5. The van der Waals surface area contributed by atoms with Crippen LogP contribution in [-0.4, -0.2) is 5.91 Å². The summed E-state index contributed by atoms with van der Waals surface area (Å²) in [6.45, 7) is 0. The van der Waals surface area contributed by atoms with Gasteiger partial charge >= 0.3 is 0 Å². The quantitative estimate of drug-likeness (QED) is 0.775. The van der Waals surface area contributed by atoms with Crippen LogP contribution in [0.5, 0.6) is 0 Å². The van der Waals surface area contributed by atoms with Crippen LogP contribution in [0.2, 0.25) is 0 Å². The van der Waals surface area contributed by atoms with Gasteiger partial charge in [0.1, 0.15) is 5.82 Å². The normalized spacial score (nSPS) is 16.1. The molecule has 0 saturated heterocycles. The third-order valence-corrected chi connectivity index (χ3v) is 4.95. The molecule has 2 aromatic rings. The van der Waals surface area contributed by atoms with Crippen LogP contribution >= 0.6 is 22.6 Å². The van der Waals surface area contributed by atoms with Crippen molar-refractivity contribution in [3.63, 3.8) is 0 Å². The fourth-order valence-electron chi connectivity index (χ4n) is 2.73. The second-order valence-electron chi connectivity index (χ2n) is 5.38. The molecule has 21 heavy (non-hydrogen) atoms. The number of benzene rings is 2. The maximum Gasteiger partial charge on any atom is 0.253 e. The SMILES string of the molecule is O=C(NC1(c2ccccc2)CCC1)c1ccc(F)cc1I. The first-order valence-corrected chi connectivity index (χ1v) is 8.02. The van der Waals surface area contributed by atoms with Gasteiger partial charge in [0.05, 0.1) is 11.1 Å². The third kappa shape index (κ3) is 2.81. The van der Waals surface area contributed by atoms with Gasteiger partial charge < -0.3 is 5.32 Å². The van der Waals surface area contributed by atoms with Gasteiger partial charge in [-0.2, -0.15) is 0 Å². The zero-order chi connectivity index (χ0) is 14.9. The lowest BCUT2D eigenvalue weighted by Gasteiger charge is -2.43. The monoisotopic (exact) mass is 395 g/mol. The Balaban J connectivity index is 1.86. The lowest BCUT2D eigenvalue weighted by molar-refractivity contribution is 0.0822. The van der Waals surface area contributed by atoms with E-state index in [0.717, 1.165) is 24.8 Å². The van der Waals surface area contributed by atoms with Crippen LogP contribution in [0.3, 0.4) is 0 Å². The Morgan fingerprint density at radius 2 is 1.86 bits per heavy atom. The van der Waals surface area contributed by atoms with Crippen LogP contribution in [0.25, 0.3) is 0 Å². The van der Waals surface area contributed by atoms with Gasteiger partial charge in [-0.15, -0.1) is 0 Å². The molecule has 0 unspecified atom stereocenters. The number of amides is 1. The number of hydrogen-bond donors (Lipinski definition) is 1. The Bertz CT molecular complexity index is 668. The van der Waals surface area contributed by atoms with Crippen molar-refractivity contribution in [3.8, 4) is 0 Å². The van der Waals surface area contributed by atoms with Crippen LogP contribution < -0.4 is 5.32 Å². The molecule has 2 aromatic carbocycles. The number of halogens is 2. The van der Waals surface area contributed by atoms with E-state index in [1.807, 2.05) is 40.8 Å². The number of rotatable bonds is 3. The molecule has 0 aromatic heterocycles. The Hall–Kier alpha value is -1.43. The van der Waals surface area contributed by atoms with Gasteiger partial charge in [-0.05, 0) is 65.6 Å². The molecule has 0 bridgehead atoms.